The van der Waals surface area contributed by atoms with Crippen molar-refractivity contribution in [3.05, 3.63) is 42.1 Å². The van der Waals surface area contributed by atoms with E-state index >= 15 is 0 Å². The monoisotopic (exact) mass is 285 g/mol. The highest BCUT2D eigenvalue weighted by molar-refractivity contribution is 7.97. The molecule has 2 aromatic heterocycles. The van der Waals surface area contributed by atoms with Gasteiger partial charge in [-0.05, 0) is 24.6 Å². The summed E-state index contributed by atoms with van der Waals surface area (Å²) in [6, 6.07) is 12.2. The van der Waals surface area contributed by atoms with Crippen LogP contribution in [0.3, 0.4) is 0 Å². The first-order valence-electron chi connectivity index (χ1n) is 6.46. The van der Waals surface area contributed by atoms with E-state index in [0.717, 1.165) is 22.2 Å². The molecule has 0 spiro atoms. The van der Waals surface area contributed by atoms with Crippen molar-refractivity contribution in [1.29, 1.82) is 0 Å². The number of hydrogen-bond acceptors (Lipinski definition) is 3. The lowest BCUT2D eigenvalue weighted by atomic mass is 10.1. The molecule has 0 radical (unpaired) electrons. The normalized spacial score (nSPS) is 11.1. The molecule has 102 valence electrons. The average Bonchev–Trinajstić information content (AvgIpc) is 2.83. The molecule has 2 N–H and O–H groups in total. The zero-order valence-electron chi connectivity index (χ0n) is 11.1. The van der Waals surface area contributed by atoms with Crippen LogP contribution < -0.4 is 4.72 Å². The van der Waals surface area contributed by atoms with E-state index < -0.39 is 0 Å². The Labute approximate surface area is 121 Å². The van der Waals surface area contributed by atoms with Gasteiger partial charge in [0.25, 0.3) is 0 Å². The molecule has 0 atom stereocenters. The number of para-hydroxylation sites is 1. The van der Waals surface area contributed by atoms with E-state index in [1.165, 1.54) is 17.3 Å². The molecule has 1 amide bonds. The third kappa shape index (κ3) is 2.49. The molecule has 0 bridgehead atoms. The van der Waals surface area contributed by atoms with Gasteiger partial charge in [0.05, 0.1) is 0 Å². The lowest BCUT2D eigenvalue weighted by Gasteiger charge is -2.01. The lowest BCUT2D eigenvalue weighted by molar-refractivity contribution is -0.119. The molecule has 0 fully saturated rings. The number of H-pyrrole nitrogens is 1. The molecule has 2 heterocycles. The number of carbonyl (C=O) groups excluding carboxylic acids is 1. The van der Waals surface area contributed by atoms with Crippen molar-refractivity contribution in [2.75, 3.05) is 6.26 Å². The van der Waals surface area contributed by atoms with Gasteiger partial charge in [0.1, 0.15) is 5.65 Å². The van der Waals surface area contributed by atoms with E-state index in [0.29, 0.717) is 12.8 Å². The van der Waals surface area contributed by atoms with Gasteiger partial charge in [0.15, 0.2) is 0 Å². The number of nitrogens with zero attached hydrogens (tertiary/aromatic N) is 1. The van der Waals surface area contributed by atoms with Crippen LogP contribution in [0.15, 0.2) is 36.4 Å². The standard InChI is InChI=1S/C15H15N3OS/c1-20-18-14(19)9-7-10-6-8-12-11-4-2-3-5-13(11)17-15(12)16-10/h2-6,8H,7,9H2,1H3,(H,16,17)(H,18,19). The number of aromatic nitrogens is 2. The first-order valence-corrected chi connectivity index (χ1v) is 7.68. The molecule has 0 aliphatic rings. The SMILES string of the molecule is CSNC(=O)CCc1ccc2c(n1)[nH]c1ccccc12. The Kier molecular flexibility index (Phi) is 3.60. The number of pyridine rings is 1. The summed E-state index contributed by atoms with van der Waals surface area (Å²) in [5.41, 5.74) is 2.90. The van der Waals surface area contributed by atoms with Gasteiger partial charge in [-0.15, -0.1) is 0 Å². The van der Waals surface area contributed by atoms with Crippen LogP contribution in [0.4, 0.5) is 0 Å². The summed E-state index contributed by atoms with van der Waals surface area (Å²) in [5.74, 6) is 0.0380. The molecule has 0 saturated carbocycles. The van der Waals surface area contributed by atoms with E-state index in [1.54, 1.807) is 0 Å². The van der Waals surface area contributed by atoms with Crippen molar-refractivity contribution in [3.63, 3.8) is 0 Å². The predicted octanol–water partition coefficient (Wildman–Crippen LogP) is 3.04. The number of amides is 1. The summed E-state index contributed by atoms with van der Waals surface area (Å²) < 4.78 is 2.72. The third-order valence-electron chi connectivity index (χ3n) is 3.25. The lowest BCUT2D eigenvalue weighted by Crippen LogP contribution is -2.15. The van der Waals surface area contributed by atoms with Crippen LogP contribution in [-0.4, -0.2) is 22.1 Å². The van der Waals surface area contributed by atoms with Gasteiger partial charge in [-0.2, -0.15) is 0 Å². The first kappa shape index (κ1) is 13.0. The van der Waals surface area contributed by atoms with Crippen molar-refractivity contribution in [2.24, 2.45) is 0 Å². The maximum absolute atomic E-state index is 11.5. The van der Waals surface area contributed by atoms with E-state index in [1.807, 2.05) is 30.5 Å². The number of aryl methyl sites for hydroxylation is 1. The maximum Gasteiger partial charge on any atom is 0.230 e. The van der Waals surface area contributed by atoms with Crippen molar-refractivity contribution in [3.8, 4) is 0 Å². The molecule has 0 aliphatic heterocycles. The average molecular weight is 285 g/mol. The number of rotatable bonds is 4. The molecule has 1 aromatic carbocycles. The van der Waals surface area contributed by atoms with Gasteiger partial charge in [-0.25, -0.2) is 4.98 Å². The van der Waals surface area contributed by atoms with Crippen LogP contribution in [0.5, 0.6) is 0 Å². The summed E-state index contributed by atoms with van der Waals surface area (Å²) in [7, 11) is 0. The topological polar surface area (TPSA) is 57.8 Å². The second kappa shape index (κ2) is 5.54. The third-order valence-corrected chi connectivity index (χ3v) is 3.68. The number of benzene rings is 1. The van der Waals surface area contributed by atoms with Crippen molar-refractivity contribution in [2.45, 2.75) is 12.8 Å². The van der Waals surface area contributed by atoms with Gasteiger partial charge in [0, 0.05) is 34.7 Å². The van der Waals surface area contributed by atoms with Crippen LogP contribution >= 0.6 is 11.9 Å². The van der Waals surface area contributed by atoms with Gasteiger partial charge in [0.2, 0.25) is 5.91 Å². The van der Waals surface area contributed by atoms with Crippen LogP contribution in [0.1, 0.15) is 12.1 Å². The molecule has 0 aliphatic carbocycles. The first-order chi connectivity index (χ1) is 9.78. The van der Waals surface area contributed by atoms with Crippen molar-refractivity contribution < 1.29 is 4.79 Å². The Bertz CT molecular complexity index is 766. The van der Waals surface area contributed by atoms with Gasteiger partial charge in [-0.3, -0.25) is 4.79 Å². The van der Waals surface area contributed by atoms with Crippen molar-refractivity contribution in [1.82, 2.24) is 14.7 Å². The minimum absolute atomic E-state index is 0.0380. The molecule has 20 heavy (non-hydrogen) atoms. The molecule has 5 heteroatoms. The predicted molar refractivity (Wildman–Crippen MR) is 83.6 cm³/mol. The summed E-state index contributed by atoms with van der Waals surface area (Å²) in [6.45, 7) is 0. The molecule has 0 saturated heterocycles. The smallest absolute Gasteiger partial charge is 0.230 e. The van der Waals surface area contributed by atoms with Crippen LogP contribution in [0, 0.1) is 0 Å². The van der Waals surface area contributed by atoms with E-state index in [-0.39, 0.29) is 5.91 Å². The maximum atomic E-state index is 11.5. The fourth-order valence-corrected chi connectivity index (χ4v) is 2.64. The Balaban J connectivity index is 1.87. The number of nitrogens with one attached hydrogen (secondary N) is 2. The molecule has 3 rings (SSSR count). The van der Waals surface area contributed by atoms with E-state index in [4.69, 9.17) is 0 Å². The van der Waals surface area contributed by atoms with E-state index in [9.17, 15) is 4.79 Å². The summed E-state index contributed by atoms with van der Waals surface area (Å²) >= 11 is 1.32. The minimum Gasteiger partial charge on any atom is -0.339 e. The number of carbonyl (C=O) groups is 1. The number of aromatic amines is 1. The Hall–Kier alpha value is -2.01. The molecular formula is C15H15N3OS. The Morgan fingerprint density at radius 3 is 2.95 bits per heavy atom. The molecule has 3 aromatic rings. The molecular weight excluding hydrogens is 270 g/mol. The van der Waals surface area contributed by atoms with E-state index in [2.05, 4.69) is 26.8 Å². The fourth-order valence-electron chi connectivity index (χ4n) is 2.31. The van der Waals surface area contributed by atoms with Gasteiger partial charge < -0.3 is 9.71 Å². The Morgan fingerprint density at radius 1 is 1.25 bits per heavy atom. The highest BCUT2D eigenvalue weighted by Gasteiger charge is 2.07. The van der Waals surface area contributed by atoms with Gasteiger partial charge in [-0.1, -0.05) is 30.1 Å². The second-order valence-corrected chi connectivity index (χ2v) is 5.21. The van der Waals surface area contributed by atoms with Crippen molar-refractivity contribution >= 4 is 39.8 Å². The molecule has 4 nitrogen and oxygen atoms in total. The summed E-state index contributed by atoms with van der Waals surface area (Å²) in [6.07, 6.45) is 2.95. The van der Waals surface area contributed by atoms with Crippen LogP contribution in [-0.2, 0) is 11.2 Å². The van der Waals surface area contributed by atoms with Crippen LogP contribution in [0.25, 0.3) is 21.9 Å². The fraction of sp³-hybridized carbons (Fsp3) is 0.200. The highest BCUT2D eigenvalue weighted by atomic mass is 32.2. The van der Waals surface area contributed by atoms with Gasteiger partial charge >= 0.3 is 0 Å². The minimum atomic E-state index is 0.0380. The quantitative estimate of drug-likeness (QED) is 0.724. The summed E-state index contributed by atoms with van der Waals surface area (Å²) in [5, 5.41) is 2.31. The number of hydrogen-bond donors (Lipinski definition) is 2. The second-order valence-electron chi connectivity index (χ2n) is 4.60. The highest BCUT2D eigenvalue weighted by Crippen LogP contribution is 2.24. The largest absolute Gasteiger partial charge is 0.339 e. The summed E-state index contributed by atoms with van der Waals surface area (Å²) in [4.78, 5) is 19.4. The number of fused-ring (bicyclic) bond motifs is 3. The zero-order chi connectivity index (χ0) is 13.9. The zero-order valence-corrected chi connectivity index (χ0v) is 12.0. The molecule has 0 unspecified atom stereocenters. The van der Waals surface area contributed by atoms with Crippen LogP contribution in [0.2, 0.25) is 0 Å². The Morgan fingerprint density at radius 2 is 2.10 bits per heavy atom.